The number of thiazole rings is 1. The van der Waals surface area contributed by atoms with Gasteiger partial charge in [-0.25, -0.2) is 0 Å². The van der Waals surface area contributed by atoms with Crippen LogP contribution in [0.3, 0.4) is 0 Å². The van der Waals surface area contributed by atoms with E-state index in [1.54, 1.807) is 15.9 Å². The number of aryl methyl sites for hydroxylation is 1. The monoisotopic (exact) mass is 217 g/mol. The number of nitrogens with zero attached hydrogens (tertiary/aromatic N) is 3. The summed E-state index contributed by atoms with van der Waals surface area (Å²) in [4.78, 5) is 1.10. The highest BCUT2D eigenvalue weighted by Crippen LogP contribution is 2.21. The van der Waals surface area contributed by atoms with Crippen LogP contribution in [0.4, 0.5) is 0 Å². The zero-order valence-corrected chi connectivity index (χ0v) is 7.61. The normalized spacial score (nSPS) is 11.0. The van der Waals surface area contributed by atoms with E-state index in [9.17, 15) is 0 Å². The highest BCUT2D eigenvalue weighted by atomic mass is 79.9. The molecule has 0 saturated carbocycles. The zero-order valence-electron chi connectivity index (χ0n) is 5.21. The van der Waals surface area contributed by atoms with Gasteiger partial charge >= 0.3 is 0 Å². The molecule has 2 rings (SSSR count). The molecule has 2 aromatic rings. The predicted octanol–water partition coefficient (Wildman–Crippen LogP) is 1.86. The summed E-state index contributed by atoms with van der Waals surface area (Å²) in [6.45, 7) is 1.95. The lowest BCUT2D eigenvalue weighted by Gasteiger charge is -1.78. The van der Waals surface area contributed by atoms with Gasteiger partial charge in [0.2, 0.25) is 0 Å². The Balaban J connectivity index is 2.95. The molecular formula is C5H4BrN3S. The van der Waals surface area contributed by atoms with Crippen molar-refractivity contribution in [2.75, 3.05) is 0 Å². The van der Waals surface area contributed by atoms with Crippen LogP contribution in [0.25, 0.3) is 4.83 Å². The highest BCUT2D eigenvalue weighted by molar-refractivity contribution is 9.10. The SMILES string of the molecule is Cc1nnn2c(Br)csc12. The summed E-state index contributed by atoms with van der Waals surface area (Å²) >= 11 is 4.99. The summed E-state index contributed by atoms with van der Waals surface area (Å²) in [5, 5.41) is 9.81. The van der Waals surface area contributed by atoms with Crippen LogP contribution in [0.15, 0.2) is 9.98 Å². The van der Waals surface area contributed by atoms with Gasteiger partial charge in [0.15, 0.2) is 0 Å². The molecular weight excluding hydrogens is 214 g/mol. The van der Waals surface area contributed by atoms with Crippen molar-refractivity contribution in [3.05, 3.63) is 15.7 Å². The molecule has 0 atom stereocenters. The molecule has 2 aromatic heterocycles. The van der Waals surface area contributed by atoms with Gasteiger partial charge in [-0.3, -0.25) is 0 Å². The van der Waals surface area contributed by atoms with Crippen LogP contribution >= 0.6 is 27.3 Å². The number of halogens is 1. The second kappa shape index (κ2) is 2.03. The molecule has 0 unspecified atom stereocenters. The van der Waals surface area contributed by atoms with E-state index in [2.05, 4.69) is 26.2 Å². The Morgan fingerprint density at radius 1 is 1.70 bits per heavy atom. The van der Waals surface area contributed by atoms with Crippen LogP contribution in [0.2, 0.25) is 0 Å². The lowest BCUT2D eigenvalue weighted by molar-refractivity contribution is 0.841. The van der Waals surface area contributed by atoms with Gasteiger partial charge in [-0.1, -0.05) is 5.21 Å². The smallest absolute Gasteiger partial charge is 0.143 e. The third-order valence-electron chi connectivity index (χ3n) is 1.26. The van der Waals surface area contributed by atoms with Gasteiger partial charge in [0, 0.05) is 5.38 Å². The molecule has 0 aliphatic heterocycles. The Morgan fingerprint density at radius 3 is 3.20 bits per heavy atom. The summed E-state index contributed by atoms with van der Waals surface area (Å²) in [5.74, 6) is 0. The maximum atomic E-state index is 3.91. The summed E-state index contributed by atoms with van der Waals surface area (Å²) in [7, 11) is 0. The van der Waals surface area contributed by atoms with E-state index in [0.29, 0.717) is 0 Å². The van der Waals surface area contributed by atoms with Crippen molar-refractivity contribution >= 4 is 32.1 Å². The molecule has 5 heteroatoms. The van der Waals surface area contributed by atoms with Gasteiger partial charge in [0.05, 0.1) is 5.69 Å². The molecule has 0 aliphatic rings. The zero-order chi connectivity index (χ0) is 7.14. The lowest BCUT2D eigenvalue weighted by atomic mass is 10.6. The van der Waals surface area contributed by atoms with Crippen LogP contribution < -0.4 is 0 Å². The van der Waals surface area contributed by atoms with Gasteiger partial charge in [0.25, 0.3) is 0 Å². The molecule has 0 radical (unpaired) electrons. The third-order valence-corrected chi connectivity index (χ3v) is 3.16. The summed E-state index contributed by atoms with van der Waals surface area (Å²) < 4.78 is 2.74. The Morgan fingerprint density at radius 2 is 2.50 bits per heavy atom. The molecule has 52 valence electrons. The number of fused-ring (bicyclic) bond motifs is 1. The van der Waals surface area contributed by atoms with Crippen molar-refractivity contribution in [1.29, 1.82) is 0 Å². The molecule has 3 nitrogen and oxygen atoms in total. The molecule has 0 aromatic carbocycles. The standard InChI is InChI=1S/C5H4BrN3S/c1-3-5-9(8-7-3)4(6)2-10-5/h2H,1H3. The summed E-state index contributed by atoms with van der Waals surface area (Å²) in [6, 6.07) is 0. The minimum absolute atomic E-state index is 0.966. The number of hydrogen-bond donors (Lipinski definition) is 0. The molecule has 0 N–H and O–H groups in total. The predicted molar refractivity (Wildman–Crippen MR) is 43.3 cm³/mol. The van der Waals surface area contributed by atoms with E-state index in [4.69, 9.17) is 0 Å². The van der Waals surface area contributed by atoms with Crippen molar-refractivity contribution < 1.29 is 0 Å². The molecule has 0 fully saturated rings. The van der Waals surface area contributed by atoms with Gasteiger partial charge in [-0.05, 0) is 22.9 Å². The van der Waals surface area contributed by atoms with Gasteiger partial charge < -0.3 is 0 Å². The minimum Gasteiger partial charge on any atom is -0.195 e. The molecule has 0 aliphatic carbocycles. The third kappa shape index (κ3) is 0.705. The first-order valence-electron chi connectivity index (χ1n) is 2.74. The van der Waals surface area contributed by atoms with E-state index in [1.165, 1.54) is 0 Å². The Bertz CT molecular complexity index is 328. The van der Waals surface area contributed by atoms with Crippen LogP contribution in [0.5, 0.6) is 0 Å². The van der Waals surface area contributed by atoms with Crippen LogP contribution in [0, 0.1) is 6.92 Å². The lowest BCUT2D eigenvalue weighted by Crippen LogP contribution is -1.81. The molecule has 0 spiro atoms. The first-order chi connectivity index (χ1) is 4.79. The molecule has 2 heterocycles. The first kappa shape index (κ1) is 6.30. The average Bonchev–Trinajstić information content (AvgIpc) is 2.41. The number of aromatic nitrogens is 3. The highest BCUT2D eigenvalue weighted by Gasteiger charge is 2.04. The minimum atomic E-state index is 0.966. The quantitative estimate of drug-likeness (QED) is 0.675. The number of hydrogen-bond acceptors (Lipinski definition) is 3. The van der Waals surface area contributed by atoms with E-state index >= 15 is 0 Å². The van der Waals surface area contributed by atoms with E-state index < -0.39 is 0 Å². The fourth-order valence-corrected chi connectivity index (χ4v) is 2.18. The molecule has 0 saturated heterocycles. The Kier molecular flexibility index (Phi) is 1.28. The van der Waals surface area contributed by atoms with Crippen LogP contribution in [-0.2, 0) is 0 Å². The average molecular weight is 218 g/mol. The van der Waals surface area contributed by atoms with Crippen molar-refractivity contribution in [3.8, 4) is 0 Å². The Hall–Kier alpha value is -0.420. The second-order valence-electron chi connectivity index (χ2n) is 1.95. The summed E-state index contributed by atoms with van der Waals surface area (Å²) in [6.07, 6.45) is 0. The largest absolute Gasteiger partial charge is 0.195 e. The molecule has 0 bridgehead atoms. The summed E-state index contributed by atoms with van der Waals surface area (Å²) in [5.41, 5.74) is 0.982. The van der Waals surface area contributed by atoms with Gasteiger partial charge in [0.1, 0.15) is 9.43 Å². The van der Waals surface area contributed by atoms with E-state index in [-0.39, 0.29) is 0 Å². The van der Waals surface area contributed by atoms with Crippen LogP contribution in [-0.4, -0.2) is 14.8 Å². The molecule has 10 heavy (non-hydrogen) atoms. The first-order valence-corrected chi connectivity index (χ1v) is 4.41. The maximum Gasteiger partial charge on any atom is 0.143 e. The van der Waals surface area contributed by atoms with Gasteiger partial charge in [-0.2, -0.15) is 4.52 Å². The van der Waals surface area contributed by atoms with Crippen molar-refractivity contribution in [2.45, 2.75) is 6.92 Å². The topological polar surface area (TPSA) is 30.2 Å². The van der Waals surface area contributed by atoms with E-state index in [1.807, 2.05) is 12.3 Å². The van der Waals surface area contributed by atoms with E-state index in [0.717, 1.165) is 15.1 Å². The maximum absolute atomic E-state index is 3.91. The van der Waals surface area contributed by atoms with Crippen molar-refractivity contribution in [3.63, 3.8) is 0 Å². The van der Waals surface area contributed by atoms with Crippen molar-refractivity contribution in [2.24, 2.45) is 0 Å². The van der Waals surface area contributed by atoms with Crippen molar-refractivity contribution in [1.82, 2.24) is 14.8 Å². The van der Waals surface area contributed by atoms with Crippen LogP contribution in [0.1, 0.15) is 5.69 Å². The van der Waals surface area contributed by atoms with Gasteiger partial charge in [-0.15, -0.1) is 16.4 Å². The fraction of sp³-hybridized carbons (Fsp3) is 0.200. The Labute approximate surface area is 69.8 Å². The fourth-order valence-electron chi connectivity index (χ4n) is 0.778. The number of rotatable bonds is 0. The molecule has 0 amide bonds. The second-order valence-corrected chi connectivity index (χ2v) is 3.62.